The topological polar surface area (TPSA) is 47.8 Å². The number of halogens is 3. The van der Waals surface area contributed by atoms with Gasteiger partial charge in [0.2, 0.25) is 0 Å². The molecule has 6 heteroatoms. The molecule has 1 aromatic carbocycles. The largest absolute Gasteiger partial charge is 0.416 e. The quantitative estimate of drug-likeness (QED) is 0.876. The number of rotatable bonds is 2. The molecule has 2 rings (SSSR count). The molecule has 1 heterocycles. The van der Waals surface area contributed by atoms with E-state index in [0.29, 0.717) is 5.69 Å². The summed E-state index contributed by atoms with van der Waals surface area (Å²) in [5, 5.41) is 15.5. The molecule has 1 saturated heterocycles. The fourth-order valence-electron chi connectivity index (χ4n) is 2.38. The lowest BCUT2D eigenvalue weighted by molar-refractivity contribution is -0.137. The highest BCUT2D eigenvalue weighted by atomic mass is 19.4. The first-order valence-electron chi connectivity index (χ1n) is 6.53. The van der Waals surface area contributed by atoms with Crippen molar-refractivity contribution in [1.82, 2.24) is 5.32 Å². The van der Waals surface area contributed by atoms with Crippen molar-refractivity contribution in [3.63, 3.8) is 0 Å². The molecule has 2 unspecified atom stereocenters. The molecule has 0 saturated carbocycles. The molecule has 0 aromatic heterocycles. The molecule has 3 nitrogen and oxygen atoms in total. The van der Waals surface area contributed by atoms with Gasteiger partial charge >= 0.3 is 6.18 Å². The maximum absolute atomic E-state index is 12.6. The summed E-state index contributed by atoms with van der Waals surface area (Å²) in [6.07, 6.45) is -2.49. The number of hydrogen-bond donors (Lipinski definition) is 2. The molecule has 1 aliphatic heterocycles. The first-order chi connectivity index (χ1) is 9.41. The standard InChI is InChI=1S/C14H16F3N3/c1-9-12(3-2-6-19-9)20-13-5-4-11(14(15,16)17)7-10(13)8-18/h4-5,7,9,12,19-20H,2-3,6H2,1H3. The number of anilines is 1. The molecule has 2 N–H and O–H groups in total. The monoisotopic (exact) mass is 283 g/mol. The van der Waals surface area contributed by atoms with Gasteiger partial charge in [0.05, 0.1) is 16.8 Å². The highest BCUT2D eigenvalue weighted by Crippen LogP contribution is 2.32. The van der Waals surface area contributed by atoms with Gasteiger partial charge in [0.15, 0.2) is 0 Å². The van der Waals surface area contributed by atoms with E-state index in [9.17, 15) is 13.2 Å². The van der Waals surface area contributed by atoms with E-state index >= 15 is 0 Å². The molecule has 1 aliphatic rings. The minimum absolute atomic E-state index is 0.0256. The molecule has 0 spiro atoms. The normalized spacial score (nSPS) is 23.1. The summed E-state index contributed by atoms with van der Waals surface area (Å²) in [7, 11) is 0. The molecule has 1 fully saturated rings. The SMILES string of the molecule is CC1NCCCC1Nc1ccc(C(F)(F)F)cc1C#N. The van der Waals surface area contributed by atoms with E-state index in [-0.39, 0.29) is 17.6 Å². The van der Waals surface area contributed by atoms with Gasteiger partial charge in [0, 0.05) is 12.1 Å². The van der Waals surface area contributed by atoms with E-state index < -0.39 is 11.7 Å². The van der Waals surface area contributed by atoms with Crippen LogP contribution < -0.4 is 10.6 Å². The van der Waals surface area contributed by atoms with Crippen molar-refractivity contribution in [2.45, 2.75) is 38.0 Å². The molecular weight excluding hydrogens is 267 g/mol. The van der Waals surface area contributed by atoms with Gasteiger partial charge < -0.3 is 10.6 Å². The first-order valence-corrected chi connectivity index (χ1v) is 6.53. The molecule has 0 amide bonds. The highest BCUT2D eigenvalue weighted by molar-refractivity contribution is 5.59. The van der Waals surface area contributed by atoms with Gasteiger partial charge in [-0.1, -0.05) is 0 Å². The number of alkyl halides is 3. The summed E-state index contributed by atoms with van der Waals surface area (Å²) >= 11 is 0. The van der Waals surface area contributed by atoms with Crippen LogP contribution in [0.5, 0.6) is 0 Å². The van der Waals surface area contributed by atoms with Gasteiger partial charge in [-0.25, -0.2) is 0 Å². The molecular formula is C14H16F3N3. The average Bonchev–Trinajstić information content (AvgIpc) is 2.40. The summed E-state index contributed by atoms with van der Waals surface area (Å²) < 4.78 is 37.9. The lowest BCUT2D eigenvalue weighted by Gasteiger charge is -2.31. The number of benzene rings is 1. The van der Waals surface area contributed by atoms with Crippen LogP contribution in [0.15, 0.2) is 18.2 Å². The molecule has 20 heavy (non-hydrogen) atoms. The van der Waals surface area contributed by atoms with Crippen molar-refractivity contribution in [1.29, 1.82) is 5.26 Å². The second kappa shape index (κ2) is 5.71. The zero-order valence-corrected chi connectivity index (χ0v) is 11.1. The summed E-state index contributed by atoms with van der Waals surface area (Å²) in [4.78, 5) is 0. The Balaban J connectivity index is 2.22. The van der Waals surface area contributed by atoms with Crippen LogP contribution in [0, 0.1) is 11.3 Å². The minimum atomic E-state index is -4.43. The second-order valence-corrected chi connectivity index (χ2v) is 5.01. The third-order valence-electron chi connectivity index (χ3n) is 3.57. The number of piperidine rings is 1. The number of nitrogens with one attached hydrogen (secondary N) is 2. The van der Waals surface area contributed by atoms with Gasteiger partial charge in [0.25, 0.3) is 0 Å². The highest BCUT2D eigenvalue weighted by Gasteiger charge is 2.31. The zero-order chi connectivity index (χ0) is 14.8. The summed E-state index contributed by atoms with van der Waals surface area (Å²) in [5.41, 5.74) is -0.312. The van der Waals surface area contributed by atoms with Crippen LogP contribution in [0.1, 0.15) is 30.9 Å². The summed E-state index contributed by atoms with van der Waals surface area (Å²) in [6.45, 7) is 2.96. The second-order valence-electron chi connectivity index (χ2n) is 5.01. The Kier molecular flexibility index (Phi) is 4.19. The van der Waals surface area contributed by atoms with Crippen molar-refractivity contribution in [3.05, 3.63) is 29.3 Å². The van der Waals surface area contributed by atoms with Crippen LogP contribution in [0.4, 0.5) is 18.9 Å². The van der Waals surface area contributed by atoms with Crippen molar-refractivity contribution < 1.29 is 13.2 Å². The Morgan fingerprint density at radius 3 is 2.75 bits per heavy atom. The van der Waals surface area contributed by atoms with E-state index in [0.717, 1.165) is 31.5 Å². The Bertz CT molecular complexity index is 519. The first kappa shape index (κ1) is 14.7. The summed E-state index contributed by atoms with van der Waals surface area (Å²) in [6, 6.07) is 5.40. The predicted octanol–water partition coefficient (Wildman–Crippen LogP) is 3.13. The number of nitriles is 1. The van der Waals surface area contributed by atoms with Gasteiger partial charge in [-0.2, -0.15) is 18.4 Å². The Labute approximate surface area is 115 Å². The van der Waals surface area contributed by atoms with E-state index in [1.165, 1.54) is 6.07 Å². The van der Waals surface area contributed by atoms with Crippen LogP contribution in [-0.2, 0) is 6.18 Å². The minimum Gasteiger partial charge on any atom is -0.380 e. The van der Waals surface area contributed by atoms with E-state index in [1.54, 1.807) is 0 Å². The molecule has 1 aromatic rings. The third-order valence-corrected chi connectivity index (χ3v) is 3.57. The van der Waals surface area contributed by atoms with Crippen molar-refractivity contribution >= 4 is 5.69 Å². The Morgan fingerprint density at radius 1 is 1.40 bits per heavy atom. The van der Waals surface area contributed by atoms with Crippen LogP contribution in [0.3, 0.4) is 0 Å². The molecule has 0 aliphatic carbocycles. The van der Waals surface area contributed by atoms with E-state index in [2.05, 4.69) is 10.6 Å². The predicted molar refractivity (Wildman–Crippen MR) is 70.3 cm³/mol. The van der Waals surface area contributed by atoms with Gasteiger partial charge in [0.1, 0.15) is 6.07 Å². The van der Waals surface area contributed by atoms with Crippen molar-refractivity contribution in [2.24, 2.45) is 0 Å². The maximum Gasteiger partial charge on any atom is 0.416 e. The lowest BCUT2D eigenvalue weighted by Crippen LogP contribution is -2.46. The van der Waals surface area contributed by atoms with Crippen molar-refractivity contribution in [3.8, 4) is 6.07 Å². The van der Waals surface area contributed by atoms with Crippen LogP contribution in [0.25, 0.3) is 0 Å². The molecule has 0 radical (unpaired) electrons. The number of nitrogens with zero attached hydrogens (tertiary/aromatic N) is 1. The molecule has 0 bridgehead atoms. The van der Waals surface area contributed by atoms with E-state index in [1.807, 2.05) is 13.0 Å². The van der Waals surface area contributed by atoms with Crippen molar-refractivity contribution in [2.75, 3.05) is 11.9 Å². The maximum atomic E-state index is 12.6. The zero-order valence-electron chi connectivity index (χ0n) is 11.1. The number of hydrogen-bond acceptors (Lipinski definition) is 3. The van der Waals surface area contributed by atoms with E-state index in [4.69, 9.17) is 5.26 Å². The van der Waals surface area contributed by atoms with Crippen LogP contribution in [-0.4, -0.2) is 18.6 Å². The van der Waals surface area contributed by atoms with Crippen LogP contribution >= 0.6 is 0 Å². The average molecular weight is 283 g/mol. The fraction of sp³-hybridized carbons (Fsp3) is 0.500. The Morgan fingerprint density at radius 2 is 2.15 bits per heavy atom. The van der Waals surface area contributed by atoms with Gasteiger partial charge in [-0.3, -0.25) is 0 Å². The summed E-state index contributed by atoms with van der Waals surface area (Å²) in [5.74, 6) is 0. The van der Waals surface area contributed by atoms with Gasteiger partial charge in [-0.15, -0.1) is 0 Å². The smallest absolute Gasteiger partial charge is 0.380 e. The third kappa shape index (κ3) is 3.23. The van der Waals surface area contributed by atoms with Crippen LogP contribution in [0.2, 0.25) is 0 Å². The van der Waals surface area contributed by atoms with Gasteiger partial charge in [-0.05, 0) is 44.5 Å². The fourth-order valence-corrected chi connectivity index (χ4v) is 2.38. The Hall–Kier alpha value is -1.74. The molecule has 108 valence electrons. The lowest BCUT2D eigenvalue weighted by atomic mass is 9.98. The molecule has 2 atom stereocenters.